The van der Waals surface area contributed by atoms with Gasteiger partial charge in [0.1, 0.15) is 0 Å². The van der Waals surface area contributed by atoms with E-state index in [4.69, 9.17) is 27.2 Å². The van der Waals surface area contributed by atoms with Crippen LogP contribution in [-0.2, 0) is 9.53 Å². The average molecular weight is 285 g/mol. The first kappa shape index (κ1) is 14.1. The summed E-state index contributed by atoms with van der Waals surface area (Å²) < 4.78 is 5.30. The van der Waals surface area contributed by atoms with Crippen molar-refractivity contribution in [2.24, 2.45) is 5.73 Å². The number of nitrogens with zero attached hydrogens (tertiary/aromatic N) is 1. The largest absolute Gasteiger partial charge is 0.481 e. The number of carbonyl (C=O) groups is 1. The molecule has 19 heavy (non-hydrogen) atoms. The molecule has 1 heterocycles. The molecule has 0 radical (unpaired) electrons. The Morgan fingerprint density at radius 3 is 2.74 bits per heavy atom. The Morgan fingerprint density at radius 2 is 2.16 bits per heavy atom. The topological polar surface area (TPSA) is 75.8 Å². The van der Waals surface area contributed by atoms with Gasteiger partial charge in [-0.25, -0.2) is 0 Å². The minimum atomic E-state index is -0.916. The summed E-state index contributed by atoms with van der Waals surface area (Å²) in [7, 11) is 0. The molecule has 1 atom stereocenters. The minimum Gasteiger partial charge on any atom is -0.481 e. The smallest absolute Gasteiger partial charge is 0.305 e. The molecule has 1 fully saturated rings. The Labute approximate surface area is 116 Å². The third kappa shape index (κ3) is 3.59. The van der Waals surface area contributed by atoms with E-state index in [9.17, 15) is 4.79 Å². The molecule has 104 valence electrons. The number of rotatable bonds is 4. The monoisotopic (exact) mass is 284 g/mol. The van der Waals surface area contributed by atoms with Crippen molar-refractivity contribution in [2.75, 3.05) is 31.2 Å². The van der Waals surface area contributed by atoms with Crippen LogP contribution in [0.5, 0.6) is 0 Å². The molecule has 1 aromatic carbocycles. The van der Waals surface area contributed by atoms with Crippen LogP contribution < -0.4 is 10.6 Å². The lowest BCUT2D eigenvalue weighted by Gasteiger charge is -2.30. The van der Waals surface area contributed by atoms with Crippen molar-refractivity contribution in [3.05, 3.63) is 28.8 Å². The van der Waals surface area contributed by atoms with Crippen LogP contribution in [0.15, 0.2) is 18.2 Å². The van der Waals surface area contributed by atoms with Crippen molar-refractivity contribution in [3.8, 4) is 0 Å². The third-order valence-electron chi connectivity index (χ3n) is 3.15. The molecular weight excluding hydrogens is 268 g/mol. The summed E-state index contributed by atoms with van der Waals surface area (Å²) in [6, 6.07) is 4.95. The van der Waals surface area contributed by atoms with Gasteiger partial charge in [0.15, 0.2) is 0 Å². The number of carboxylic acid groups (broad SMARTS) is 1. The highest BCUT2D eigenvalue weighted by molar-refractivity contribution is 6.33. The summed E-state index contributed by atoms with van der Waals surface area (Å²) in [6.07, 6.45) is -0.104. The van der Waals surface area contributed by atoms with E-state index in [1.165, 1.54) is 0 Å². The number of anilines is 1. The molecule has 1 unspecified atom stereocenters. The summed E-state index contributed by atoms with van der Waals surface area (Å²) in [4.78, 5) is 12.8. The first-order valence-corrected chi connectivity index (χ1v) is 6.55. The number of carboxylic acids is 1. The van der Waals surface area contributed by atoms with Crippen LogP contribution in [0, 0.1) is 0 Å². The van der Waals surface area contributed by atoms with E-state index in [2.05, 4.69) is 4.90 Å². The standard InChI is InChI=1S/C13H17ClN2O3/c14-10-7-9(11(15)8-13(17)18)1-2-12(10)16-3-5-19-6-4-16/h1-2,7,11H,3-6,8,15H2,(H,17,18). The molecule has 1 aliphatic rings. The van der Waals surface area contributed by atoms with Gasteiger partial charge in [0.25, 0.3) is 0 Å². The molecule has 5 nitrogen and oxygen atoms in total. The van der Waals surface area contributed by atoms with Gasteiger partial charge >= 0.3 is 5.97 Å². The predicted octanol–water partition coefficient (Wildman–Crippen LogP) is 1.65. The lowest BCUT2D eigenvalue weighted by Crippen LogP contribution is -2.36. The van der Waals surface area contributed by atoms with Gasteiger partial charge in [-0.3, -0.25) is 4.79 Å². The molecule has 1 saturated heterocycles. The Hall–Kier alpha value is -1.30. The maximum atomic E-state index is 10.6. The van der Waals surface area contributed by atoms with Crippen molar-refractivity contribution >= 4 is 23.3 Å². The molecule has 0 aromatic heterocycles. The van der Waals surface area contributed by atoms with Crippen LogP contribution in [0.4, 0.5) is 5.69 Å². The summed E-state index contributed by atoms with van der Waals surface area (Å²) in [5.74, 6) is -0.916. The Bertz CT molecular complexity index is 461. The number of hydrogen-bond acceptors (Lipinski definition) is 4. The fraction of sp³-hybridized carbons (Fsp3) is 0.462. The normalized spacial score (nSPS) is 17.3. The Balaban J connectivity index is 2.14. The molecule has 0 saturated carbocycles. The Kier molecular flexibility index (Phi) is 4.63. The quantitative estimate of drug-likeness (QED) is 0.879. The van der Waals surface area contributed by atoms with E-state index < -0.39 is 12.0 Å². The second-order valence-electron chi connectivity index (χ2n) is 4.51. The number of hydrogen-bond donors (Lipinski definition) is 2. The minimum absolute atomic E-state index is 0.104. The first-order chi connectivity index (χ1) is 9.08. The van der Waals surface area contributed by atoms with Crippen LogP contribution in [0.3, 0.4) is 0 Å². The Morgan fingerprint density at radius 1 is 1.47 bits per heavy atom. The van der Waals surface area contributed by atoms with Crippen molar-refractivity contribution in [1.82, 2.24) is 0 Å². The second-order valence-corrected chi connectivity index (χ2v) is 4.92. The number of halogens is 1. The summed E-state index contributed by atoms with van der Waals surface area (Å²) in [5.41, 5.74) is 7.50. The summed E-state index contributed by atoms with van der Waals surface area (Å²) in [6.45, 7) is 2.99. The van der Waals surface area contributed by atoms with Crippen LogP contribution >= 0.6 is 11.6 Å². The fourth-order valence-corrected chi connectivity index (χ4v) is 2.43. The van der Waals surface area contributed by atoms with Gasteiger partial charge < -0.3 is 20.5 Å². The lowest BCUT2D eigenvalue weighted by molar-refractivity contribution is -0.137. The molecule has 0 amide bonds. The van der Waals surface area contributed by atoms with Crippen molar-refractivity contribution in [3.63, 3.8) is 0 Å². The molecule has 1 aliphatic heterocycles. The zero-order valence-corrected chi connectivity index (χ0v) is 11.3. The van der Waals surface area contributed by atoms with E-state index in [1.807, 2.05) is 12.1 Å². The van der Waals surface area contributed by atoms with Gasteiger partial charge in [0, 0.05) is 19.1 Å². The van der Waals surface area contributed by atoms with Crippen LogP contribution in [-0.4, -0.2) is 37.4 Å². The van der Waals surface area contributed by atoms with Gasteiger partial charge in [0.05, 0.1) is 30.3 Å². The highest BCUT2D eigenvalue weighted by Gasteiger charge is 2.16. The van der Waals surface area contributed by atoms with Crippen LogP contribution in [0.1, 0.15) is 18.0 Å². The van der Waals surface area contributed by atoms with Crippen molar-refractivity contribution in [2.45, 2.75) is 12.5 Å². The van der Waals surface area contributed by atoms with Gasteiger partial charge in [-0.1, -0.05) is 17.7 Å². The highest BCUT2D eigenvalue weighted by atomic mass is 35.5. The average Bonchev–Trinajstić information content (AvgIpc) is 2.38. The van der Waals surface area contributed by atoms with E-state index in [-0.39, 0.29) is 6.42 Å². The molecule has 2 rings (SSSR count). The zero-order valence-electron chi connectivity index (χ0n) is 10.5. The van der Waals surface area contributed by atoms with E-state index in [1.54, 1.807) is 6.07 Å². The van der Waals surface area contributed by atoms with Gasteiger partial charge in [-0.2, -0.15) is 0 Å². The van der Waals surface area contributed by atoms with Crippen LogP contribution in [0.2, 0.25) is 5.02 Å². The zero-order chi connectivity index (χ0) is 13.8. The number of benzene rings is 1. The van der Waals surface area contributed by atoms with E-state index in [0.29, 0.717) is 18.2 Å². The van der Waals surface area contributed by atoms with E-state index >= 15 is 0 Å². The van der Waals surface area contributed by atoms with Gasteiger partial charge in [0.2, 0.25) is 0 Å². The van der Waals surface area contributed by atoms with Crippen molar-refractivity contribution < 1.29 is 14.6 Å². The highest BCUT2D eigenvalue weighted by Crippen LogP contribution is 2.29. The molecule has 3 N–H and O–H groups in total. The maximum Gasteiger partial charge on any atom is 0.305 e. The molecule has 0 spiro atoms. The molecular formula is C13H17ClN2O3. The predicted molar refractivity (Wildman–Crippen MR) is 73.7 cm³/mol. The fourth-order valence-electron chi connectivity index (χ4n) is 2.12. The first-order valence-electron chi connectivity index (χ1n) is 6.17. The summed E-state index contributed by atoms with van der Waals surface area (Å²) >= 11 is 6.26. The molecule has 1 aromatic rings. The SMILES string of the molecule is NC(CC(=O)O)c1ccc(N2CCOCC2)c(Cl)c1. The number of morpholine rings is 1. The number of ether oxygens (including phenoxy) is 1. The molecule has 0 aliphatic carbocycles. The van der Waals surface area contributed by atoms with Gasteiger partial charge in [-0.15, -0.1) is 0 Å². The molecule has 0 bridgehead atoms. The lowest BCUT2D eigenvalue weighted by atomic mass is 10.0. The number of aliphatic carboxylic acids is 1. The second kappa shape index (κ2) is 6.23. The van der Waals surface area contributed by atoms with E-state index in [0.717, 1.165) is 24.3 Å². The van der Waals surface area contributed by atoms with Crippen molar-refractivity contribution in [1.29, 1.82) is 0 Å². The number of nitrogens with two attached hydrogens (primary N) is 1. The maximum absolute atomic E-state index is 10.6. The van der Waals surface area contributed by atoms with Crippen LogP contribution in [0.25, 0.3) is 0 Å². The summed E-state index contributed by atoms with van der Waals surface area (Å²) in [5, 5.41) is 9.34. The molecule has 6 heteroatoms. The van der Waals surface area contributed by atoms with Gasteiger partial charge in [-0.05, 0) is 17.7 Å². The third-order valence-corrected chi connectivity index (χ3v) is 3.45.